The van der Waals surface area contributed by atoms with Gasteiger partial charge in [0, 0.05) is 37.8 Å². The lowest BCUT2D eigenvalue weighted by molar-refractivity contribution is 0.0771. The van der Waals surface area contributed by atoms with Crippen molar-refractivity contribution < 1.29 is 4.79 Å². The number of anilines is 1. The highest BCUT2D eigenvalue weighted by Crippen LogP contribution is 2.21. The van der Waals surface area contributed by atoms with Crippen molar-refractivity contribution in [2.45, 2.75) is 19.8 Å². The van der Waals surface area contributed by atoms with E-state index in [0.717, 1.165) is 54.0 Å². The van der Waals surface area contributed by atoms with Gasteiger partial charge in [0.15, 0.2) is 5.13 Å². The van der Waals surface area contributed by atoms with Crippen LogP contribution in [0.3, 0.4) is 0 Å². The minimum atomic E-state index is 0.119. The topological polar surface area (TPSA) is 49.3 Å². The van der Waals surface area contributed by atoms with E-state index in [0.29, 0.717) is 0 Å². The molecule has 0 radical (unpaired) electrons. The highest BCUT2D eigenvalue weighted by Gasteiger charge is 2.22. The number of nitrogens with zero attached hydrogens (tertiary/aromatic N) is 4. The lowest BCUT2D eigenvalue weighted by Crippen LogP contribution is -2.34. The second kappa shape index (κ2) is 6.53. The molecule has 1 fully saturated rings. The number of rotatable bonds is 3. The Kier molecular flexibility index (Phi) is 4.50. The van der Waals surface area contributed by atoms with Crippen LogP contribution in [-0.4, -0.2) is 47.0 Å². The summed E-state index contributed by atoms with van der Waals surface area (Å²) in [6.07, 6.45) is 5.41. The Morgan fingerprint density at radius 2 is 2.19 bits per heavy atom. The summed E-state index contributed by atoms with van der Waals surface area (Å²) in [4.78, 5) is 26.1. The van der Waals surface area contributed by atoms with Crippen molar-refractivity contribution in [1.29, 1.82) is 0 Å². The van der Waals surface area contributed by atoms with Crippen LogP contribution in [0.15, 0.2) is 17.8 Å². The minimum Gasteiger partial charge on any atom is -0.346 e. The van der Waals surface area contributed by atoms with Gasteiger partial charge in [0.2, 0.25) is 0 Å². The van der Waals surface area contributed by atoms with E-state index in [9.17, 15) is 4.79 Å². The Morgan fingerprint density at radius 1 is 1.29 bits per heavy atom. The Hall–Kier alpha value is -1.47. The Bertz CT molecular complexity index is 596. The molecule has 7 heteroatoms. The van der Waals surface area contributed by atoms with Gasteiger partial charge in [-0.05, 0) is 12.8 Å². The Morgan fingerprint density at radius 3 is 2.90 bits per heavy atom. The zero-order chi connectivity index (χ0) is 14.7. The van der Waals surface area contributed by atoms with Crippen LogP contribution in [0.2, 0.25) is 0 Å². The van der Waals surface area contributed by atoms with E-state index in [1.54, 1.807) is 17.5 Å². The molecule has 5 nitrogen and oxygen atoms in total. The highest BCUT2D eigenvalue weighted by molar-refractivity contribution is 7.13. The van der Waals surface area contributed by atoms with Crippen LogP contribution in [0.1, 0.15) is 28.0 Å². The highest BCUT2D eigenvalue weighted by atomic mass is 32.1. The fraction of sp³-hybridized carbons (Fsp3) is 0.500. The minimum absolute atomic E-state index is 0.119. The largest absolute Gasteiger partial charge is 0.346 e. The van der Waals surface area contributed by atoms with Crippen LogP contribution in [0.25, 0.3) is 0 Å². The van der Waals surface area contributed by atoms with Crippen molar-refractivity contribution in [3.63, 3.8) is 0 Å². The molecule has 0 saturated carbocycles. The monoisotopic (exact) mass is 322 g/mol. The molecular weight excluding hydrogens is 304 g/mol. The van der Waals surface area contributed by atoms with Crippen molar-refractivity contribution in [1.82, 2.24) is 14.9 Å². The summed E-state index contributed by atoms with van der Waals surface area (Å²) >= 11 is 3.17. The van der Waals surface area contributed by atoms with Crippen molar-refractivity contribution >= 4 is 33.7 Å². The van der Waals surface area contributed by atoms with E-state index in [2.05, 4.69) is 21.8 Å². The molecule has 0 spiro atoms. The normalized spacial score (nSPS) is 16.0. The van der Waals surface area contributed by atoms with Crippen LogP contribution < -0.4 is 4.90 Å². The summed E-state index contributed by atoms with van der Waals surface area (Å²) < 4.78 is 0. The molecule has 0 aromatic carbocycles. The molecule has 3 rings (SSSR count). The third-order valence-corrected chi connectivity index (χ3v) is 5.50. The van der Waals surface area contributed by atoms with Gasteiger partial charge in [0.1, 0.15) is 4.88 Å². The van der Waals surface area contributed by atoms with E-state index in [1.807, 2.05) is 16.5 Å². The van der Waals surface area contributed by atoms with Crippen molar-refractivity contribution in [3.8, 4) is 0 Å². The predicted molar refractivity (Wildman–Crippen MR) is 86.3 cm³/mol. The number of thiazole rings is 2. The first kappa shape index (κ1) is 14.5. The Balaban J connectivity index is 1.65. The van der Waals surface area contributed by atoms with E-state index >= 15 is 0 Å². The lowest BCUT2D eigenvalue weighted by atomic mass is 10.3. The van der Waals surface area contributed by atoms with Crippen LogP contribution in [0.4, 0.5) is 5.13 Å². The number of carbonyl (C=O) groups excluding carboxylic acids is 1. The van der Waals surface area contributed by atoms with Crippen LogP contribution >= 0.6 is 22.7 Å². The fourth-order valence-corrected chi connectivity index (χ4v) is 3.93. The van der Waals surface area contributed by atoms with E-state index < -0.39 is 0 Å². The maximum Gasteiger partial charge on any atom is 0.265 e. The average Bonchev–Trinajstić information content (AvgIpc) is 3.14. The average molecular weight is 322 g/mol. The zero-order valence-electron chi connectivity index (χ0n) is 12.0. The SMILES string of the molecule is CCc1ncc(C(=O)N2CCCN(c3nccs3)CC2)s1. The lowest BCUT2D eigenvalue weighted by Gasteiger charge is -2.21. The van der Waals surface area contributed by atoms with E-state index in [4.69, 9.17) is 0 Å². The summed E-state index contributed by atoms with van der Waals surface area (Å²) in [6, 6.07) is 0. The molecule has 3 heterocycles. The molecule has 112 valence electrons. The summed E-state index contributed by atoms with van der Waals surface area (Å²) in [5, 5.41) is 4.07. The van der Waals surface area contributed by atoms with Gasteiger partial charge < -0.3 is 9.80 Å². The van der Waals surface area contributed by atoms with Gasteiger partial charge in [-0.3, -0.25) is 4.79 Å². The molecule has 2 aromatic heterocycles. The molecule has 21 heavy (non-hydrogen) atoms. The van der Waals surface area contributed by atoms with Crippen molar-refractivity contribution in [2.24, 2.45) is 0 Å². The molecule has 2 aromatic rings. The summed E-state index contributed by atoms with van der Waals surface area (Å²) in [5.41, 5.74) is 0. The van der Waals surface area contributed by atoms with Crippen molar-refractivity contribution in [2.75, 3.05) is 31.1 Å². The zero-order valence-corrected chi connectivity index (χ0v) is 13.6. The molecule has 0 N–H and O–H groups in total. The van der Waals surface area contributed by atoms with Gasteiger partial charge in [0.05, 0.1) is 11.2 Å². The number of hydrogen-bond donors (Lipinski definition) is 0. The predicted octanol–water partition coefficient (Wildman–Crippen LogP) is 2.51. The third kappa shape index (κ3) is 3.24. The van der Waals surface area contributed by atoms with Gasteiger partial charge in [-0.15, -0.1) is 22.7 Å². The van der Waals surface area contributed by atoms with E-state index in [1.165, 1.54) is 11.3 Å². The summed E-state index contributed by atoms with van der Waals surface area (Å²) in [6.45, 7) is 5.42. The molecule has 1 aliphatic rings. The molecule has 0 unspecified atom stereocenters. The molecular formula is C14H18N4OS2. The smallest absolute Gasteiger partial charge is 0.265 e. The first-order chi connectivity index (χ1) is 10.3. The standard InChI is InChI=1S/C14H18N4OS2/c1-2-12-16-10-11(21-12)13(19)17-5-3-6-18(8-7-17)14-15-4-9-20-14/h4,9-10H,2-3,5-8H2,1H3. The van der Waals surface area contributed by atoms with E-state index in [-0.39, 0.29) is 5.91 Å². The maximum absolute atomic E-state index is 12.5. The van der Waals surface area contributed by atoms with Crippen LogP contribution in [-0.2, 0) is 6.42 Å². The Labute approximate surface area is 132 Å². The number of aromatic nitrogens is 2. The fourth-order valence-electron chi connectivity index (χ4n) is 2.41. The van der Waals surface area contributed by atoms with Crippen LogP contribution in [0.5, 0.6) is 0 Å². The second-order valence-electron chi connectivity index (χ2n) is 4.92. The molecule has 0 bridgehead atoms. The van der Waals surface area contributed by atoms with Gasteiger partial charge in [-0.25, -0.2) is 9.97 Å². The van der Waals surface area contributed by atoms with Crippen LogP contribution in [0, 0.1) is 0 Å². The summed E-state index contributed by atoms with van der Waals surface area (Å²) in [5.74, 6) is 0.119. The maximum atomic E-state index is 12.5. The number of hydrogen-bond acceptors (Lipinski definition) is 6. The first-order valence-corrected chi connectivity index (χ1v) is 8.86. The number of amides is 1. The molecule has 1 aliphatic heterocycles. The molecule has 0 aliphatic carbocycles. The number of carbonyl (C=O) groups is 1. The number of aryl methyl sites for hydroxylation is 1. The van der Waals surface area contributed by atoms with Gasteiger partial charge in [0.25, 0.3) is 5.91 Å². The van der Waals surface area contributed by atoms with Gasteiger partial charge in [-0.1, -0.05) is 6.92 Å². The second-order valence-corrected chi connectivity index (χ2v) is 6.91. The quantitative estimate of drug-likeness (QED) is 0.871. The molecule has 0 atom stereocenters. The first-order valence-electron chi connectivity index (χ1n) is 7.16. The third-order valence-electron chi connectivity index (χ3n) is 3.54. The van der Waals surface area contributed by atoms with Gasteiger partial charge in [-0.2, -0.15) is 0 Å². The molecule has 1 amide bonds. The van der Waals surface area contributed by atoms with Gasteiger partial charge >= 0.3 is 0 Å². The van der Waals surface area contributed by atoms with Crippen molar-refractivity contribution in [3.05, 3.63) is 27.7 Å². The molecule has 1 saturated heterocycles. The summed E-state index contributed by atoms with van der Waals surface area (Å²) in [7, 11) is 0.